The Morgan fingerprint density at radius 1 is 0.862 bits per heavy atom. The molecule has 29 heavy (non-hydrogen) atoms. The monoisotopic (exact) mass is 408 g/mol. The fraction of sp³-hybridized carbons (Fsp3) is 0.364. The van der Waals surface area contributed by atoms with Crippen molar-refractivity contribution in [2.24, 2.45) is 0 Å². The Bertz CT molecular complexity index is 1120. The van der Waals surface area contributed by atoms with Gasteiger partial charge in [-0.2, -0.15) is 4.31 Å². The van der Waals surface area contributed by atoms with Crippen molar-refractivity contribution in [1.82, 2.24) is 19.1 Å². The first-order valence-electron chi connectivity index (χ1n) is 10.2. The molecule has 0 unspecified atom stereocenters. The molecule has 0 saturated heterocycles. The van der Waals surface area contributed by atoms with Crippen LogP contribution in [0.3, 0.4) is 0 Å². The van der Waals surface area contributed by atoms with Crippen molar-refractivity contribution in [3.05, 3.63) is 66.2 Å². The van der Waals surface area contributed by atoms with Crippen LogP contribution in [0.25, 0.3) is 11.1 Å². The number of aromatic nitrogens is 3. The van der Waals surface area contributed by atoms with E-state index in [0.29, 0.717) is 23.9 Å². The number of hydrogen-bond acceptors (Lipinski definition) is 4. The molecule has 1 aliphatic carbocycles. The molecule has 1 aromatic heterocycles. The summed E-state index contributed by atoms with van der Waals surface area (Å²) in [5.74, 6) is 2.26. The van der Waals surface area contributed by atoms with Crippen LogP contribution in [0.15, 0.2) is 59.5 Å². The summed E-state index contributed by atoms with van der Waals surface area (Å²) in [7, 11) is -3.64. The molecular formula is C22H24N4O2S. The van der Waals surface area contributed by atoms with Crippen LogP contribution in [0, 0.1) is 0 Å². The van der Waals surface area contributed by atoms with Crippen molar-refractivity contribution in [3.63, 3.8) is 0 Å². The first-order valence-corrected chi connectivity index (χ1v) is 11.6. The molecule has 0 atom stereocenters. The van der Waals surface area contributed by atoms with E-state index >= 15 is 0 Å². The lowest BCUT2D eigenvalue weighted by molar-refractivity contribution is 0.329. The summed E-state index contributed by atoms with van der Waals surface area (Å²) in [6.07, 6.45) is 4.79. The second kappa shape index (κ2) is 7.39. The minimum absolute atomic E-state index is 0.269. The summed E-state index contributed by atoms with van der Waals surface area (Å²) >= 11 is 0. The van der Waals surface area contributed by atoms with Gasteiger partial charge in [0.1, 0.15) is 11.6 Å². The fourth-order valence-electron chi connectivity index (χ4n) is 4.54. The Labute approximate surface area is 171 Å². The zero-order valence-electron chi connectivity index (χ0n) is 16.2. The van der Waals surface area contributed by atoms with Crippen molar-refractivity contribution in [1.29, 1.82) is 0 Å². The number of benzene rings is 2. The van der Waals surface area contributed by atoms with Gasteiger partial charge in [0.05, 0.1) is 11.4 Å². The number of hydrogen-bond donors (Lipinski definition) is 0. The minimum Gasteiger partial charge on any atom is -0.312 e. The molecule has 0 amide bonds. The van der Waals surface area contributed by atoms with E-state index in [-0.39, 0.29) is 6.54 Å². The number of nitrogens with zero attached hydrogens (tertiary/aromatic N) is 4. The van der Waals surface area contributed by atoms with Gasteiger partial charge in [0.2, 0.25) is 10.0 Å². The third-order valence-corrected chi connectivity index (χ3v) is 7.96. The molecule has 0 radical (unpaired) electrons. The predicted octanol–water partition coefficient (Wildman–Crippen LogP) is 3.81. The van der Waals surface area contributed by atoms with Gasteiger partial charge in [-0.3, -0.25) is 0 Å². The summed E-state index contributed by atoms with van der Waals surface area (Å²) in [6.45, 7) is 1.32. The molecule has 0 N–H and O–H groups in total. The SMILES string of the molecule is O=S(=O)(c1ccccc1-c1ccccc1)N1CCn2c(nnc2C2CCCC2)C1. The van der Waals surface area contributed by atoms with Gasteiger partial charge in [0.15, 0.2) is 0 Å². The van der Waals surface area contributed by atoms with Crippen LogP contribution in [0.5, 0.6) is 0 Å². The van der Waals surface area contributed by atoms with E-state index in [1.54, 1.807) is 12.1 Å². The molecule has 2 heterocycles. The van der Waals surface area contributed by atoms with E-state index in [0.717, 1.165) is 35.6 Å². The van der Waals surface area contributed by atoms with Gasteiger partial charge in [0.25, 0.3) is 0 Å². The number of fused-ring (bicyclic) bond motifs is 1. The Hall–Kier alpha value is -2.51. The average Bonchev–Trinajstić information content (AvgIpc) is 3.43. The molecule has 0 bridgehead atoms. The maximum atomic E-state index is 13.5. The molecule has 2 aliphatic rings. The third-order valence-electron chi connectivity index (χ3n) is 6.06. The topological polar surface area (TPSA) is 68.1 Å². The molecule has 5 rings (SSSR count). The Balaban J connectivity index is 1.47. The first-order chi connectivity index (χ1) is 14.1. The second-order valence-electron chi connectivity index (χ2n) is 7.81. The molecular weight excluding hydrogens is 384 g/mol. The van der Waals surface area contributed by atoms with E-state index in [2.05, 4.69) is 14.8 Å². The van der Waals surface area contributed by atoms with Gasteiger partial charge >= 0.3 is 0 Å². The van der Waals surface area contributed by atoms with Gasteiger partial charge in [-0.05, 0) is 24.5 Å². The van der Waals surface area contributed by atoms with E-state index in [4.69, 9.17) is 0 Å². The van der Waals surface area contributed by atoms with Crippen molar-refractivity contribution in [2.45, 2.75) is 49.6 Å². The highest BCUT2D eigenvalue weighted by Gasteiger charge is 2.33. The molecule has 1 saturated carbocycles. The predicted molar refractivity (Wildman–Crippen MR) is 111 cm³/mol. The van der Waals surface area contributed by atoms with Crippen molar-refractivity contribution < 1.29 is 8.42 Å². The summed E-state index contributed by atoms with van der Waals surface area (Å²) in [5.41, 5.74) is 1.63. The van der Waals surface area contributed by atoms with Crippen molar-refractivity contribution in [2.75, 3.05) is 6.54 Å². The molecule has 2 aromatic carbocycles. The van der Waals surface area contributed by atoms with Crippen LogP contribution in [-0.4, -0.2) is 34.0 Å². The largest absolute Gasteiger partial charge is 0.312 e. The van der Waals surface area contributed by atoms with Crippen molar-refractivity contribution >= 4 is 10.0 Å². The third kappa shape index (κ3) is 3.28. The summed E-state index contributed by atoms with van der Waals surface area (Å²) in [4.78, 5) is 0.343. The highest BCUT2D eigenvalue weighted by atomic mass is 32.2. The second-order valence-corrected chi connectivity index (χ2v) is 9.71. The van der Waals surface area contributed by atoms with Crippen LogP contribution in [0.2, 0.25) is 0 Å². The van der Waals surface area contributed by atoms with E-state index in [1.165, 1.54) is 17.1 Å². The molecule has 1 fully saturated rings. The first kappa shape index (κ1) is 18.5. The van der Waals surface area contributed by atoms with Crippen LogP contribution < -0.4 is 0 Å². The molecule has 1 aliphatic heterocycles. The molecule has 0 spiro atoms. The van der Waals surface area contributed by atoms with E-state index in [9.17, 15) is 8.42 Å². The van der Waals surface area contributed by atoms with E-state index in [1.807, 2.05) is 42.5 Å². The van der Waals surface area contributed by atoms with Gasteiger partial charge in [-0.15, -0.1) is 10.2 Å². The Kier molecular flexibility index (Phi) is 4.72. The zero-order valence-corrected chi connectivity index (χ0v) is 17.1. The normalized spacial score (nSPS) is 18.1. The van der Waals surface area contributed by atoms with E-state index < -0.39 is 10.0 Å². The highest BCUT2D eigenvalue weighted by molar-refractivity contribution is 7.89. The Morgan fingerprint density at radius 3 is 2.38 bits per heavy atom. The Morgan fingerprint density at radius 2 is 1.59 bits per heavy atom. The fourth-order valence-corrected chi connectivity index (χ4v) is 6.14. The van der Waals surface area contributed by atoms with Crippen LogP contribution in [0.1, 0.15) is 43.3 Å². The van der Waals surface area contributed by atoms with Crippen LogP contribution in [-0.2, 0) is 23.1 Å². The molecule has 6 nitrogen and oxygen atoms in total. The van der Waals surface area contributed by atoms with Gasteiger partial charge in [0, 0.05) is 24.6 Å². The lowest BCUT2D eigenvalue weighted by Crippen LogP contribution is -2.39. The lowest BCUT2D eigenvalue weighted by atomic mass is 10.1. The maximum Gasteiger partial charge on any atom is 0.244 e. The minimum atomic E-state index is -3.64. The molecule has 7 heteroatoms. The number of rotatable bonds is 4. The standard InChI is InChI=1S/C22H24N4O2S/c27-29(28,20-13-7-6-12-19(20)17-8-2-1-3-9-17)25-14-15-26-21(16-25)23-24-22(26)18-10-4-5-11-18/h1-3,6-9,12-13,18H,4-5,10-11,14-16H2. The summed E-state index contributed by atoms with van der Waals surface area (Å²) < 4.78 is 30.7. The highest BCUT2D eigenvalue weighted by Crippen LogP contribution is 2.35. The van der Waals surface area contributed by atoms with Crippen molar-refractivity contribution in [3.8, 4) is 11.1 Å². The average molecular weight is 409 g/mol. The zero-order chi connectivity index (χ0) is 19.8. The molecule has 150 valence electrons. The van der Waals surface area contributed by atoms with Crippen LogP contribution >= 0.6 is 0 Å². The maximum absolute atomic E-state index is 13.5. The number of sulfonamides is 1. The summed E-state index contributed by atoms with van der Waals surface area (Å²) in [5, 5.41) is 8.77. The van der Waals surface area contributed by atoms with Gasteiger partial charge in [-0.25, -0.2) is 8.42 Å². The van der Waals surface area contributed by atoms with Gasteiger partial charge < -0.3 is 4.57 Å². The molecule has 3 aromatic rings. The lowest BCUT2D eigenvalue weighted by Gasteiger charge is -2.28. The van der Waals surface area contributed by atoms with Gasteiger partial charge in [-0.1, -0.05) is 61.4 Å². The quantitative estimate of drug-likeness (QED) is 0.658. The summed E-state index contributed by atoms with van der Waals surface area (Å²) in [6, 6.07) is 16.9. The smallest absolute Gasteiger partial charge is 0.244 e. The van der Waals surface area contributed by atoms with Crippen LogP contribution in [0.4, 0.5) is 0 Å².